The van der Waals surface area contributed by atoms with Gasteiger partial charge in [-0.15, -0.1) is 0 Å². The van der Waals surface area contributed by atoms with Crippen molar-refractivity contribution in [3.05, 3.63) is 88.9 Å². The molecule has 0 saturated carbocycles. The Labute approximate surface area is 207 Å². The van der Waals surface area contributed by atoms with E-state index >= 15 is 0 Å². The first kappa shape index (κ1) is 23.6. The van der Waals surface area contributed by atoms with Crippen LogP contribution in [0.5, 0.6) is 0 Å². The number of carbonyl (C=O) groups is 1. The minimum absolute atomic E-state index is 0.0548. The molecule has 8 nitrogen and oxygen atoms in total. The largest absolute Gasteiger partial charge is 0.381 e. The molecule has 2 aromatic carbocycles. The van der Waals surface area contributed by atoms with Gasteiger partial charge in [0.2, 0.25) is 0 Å². The second-order valence-electron chi connectivity index (χ2n) is 9.02. The predicted octanol–water partition coefficient (Wildman–Crippen LogP) is 3.86. The van der Waals surface area contributed by atoms with Gasteiger partial charge in [0.05, 0.1) is 23.3 Å². The fraction of sp³-hybridized carbons (Fsp3) is 0.296. The van der Waals surface area contributed by atoms with Gasteiger partial charge in [0.25, 0.3) is 5.91 Å². The summed E-state index contributed by atoms with van der Waals surface area (Å²) in [6.07, 6.45) is 7.94. The molecule has 1 aliphatic rings. The molecular weight excluding hydrogens is 459 g/mol. The molecule has 1 amide bonds. The van der Waals surface area contributed by atoms with Crippen LogP contribution >= 0.6 is 0 Å². The number of nitrogens with one attached hydrogen (secondary N) is 1. The van der Waals surface area contributed by atoms with Crippen LogP contribution in [-0.4, -0.2) is 38.9 Å². The van der Waals surface area contributed by atoms with Gasteiger partial charge in [-0.2, -0.15) is 10.4 Å². The maximum absolute atomic E-state index is 14.4. The van der Waals surface area contributed by atoms with Crippen molar-refractivity contribution >= 4 is 16.8 Å². The predicted molar refractivity (Wildman–Crippen MR) is 130 cm³/mol. The lowest BCUT2D eigenvalue weighted by atomic mass is 9.96. The van der Waals surface area contributed by atoms with E-state index in [9.17, 15) is 9.18 Å². The van der Waals surface area contributed by atoms with E-state index in [0.717, 1.165) is 43.7 Å². The van der Waals surface area contributed by atoms with E-state index in [4.69, 9.17) is 15.0 Å². The third-order valence-corrected chi connectivity index (χ3v) is 6.49. The van der Waals surface area contributed by atoms with Crippen molar-refractivity contribution in [1.82, 2.24) is 25.1 Å². The SMILES string of the molecule is Cn1cc([C@H](NC(=O)c2ccc3cnc(CC4CCOCC4)nc3c2)c2ccc(C#N)c(F)c2)cn1. The summed E-state index contributed by atoms with van der Waals surface area (Å²) in [6.45, 7) is 1.54. The molecule has 2 aromatic heterocycles. The Morgan fingerprint density at radius 2 is 2.06 bits per heavy atom. The van der Waals surface area contributed by atoms with E-state index < -0.39 is 11.9 Å². The molecule has 182 valence electrons. The van der Waals surface area contributed by atoms with Crippen LogP contribution in [0.4, 0.5) is 4.39 Å². The number of carbonyl (C=O) groups excluding carboxylic acids is 1. The quantitative estimate of drug-likeness (QED) is 0.446. The van der Waals surface area contributed by atoms with Gasteiger partial charge in [0, 0.05) is 55.6 Å². The lowest BCUT2D eigenvalue weighted by Crippen LogP contribution is -2.29. The maximum Gasteiger partial charge on any atom is 0.252 e. The molecule has 1 saturated heterocycles. The van der Waals surface area contributed by atoms with E-state index in [1.54, 1.807) is 48.5 Å². The summed E-state index contributed by atoms with van der Waals surface area (Å²) in [5.74, 6) is 0.279. The van der Waals surface area contributed by atoms with Crippen LogP contribution in [0.2, 0.25) is 0 Å². The van der Waals surface area contributed by atoms with E-state index in [-0.39, 0.29) is 11.5 Å². The highest BCUT2D eigenvalue weighted by molar-refractivity contribution is 5.98. The Bertz CT molecular complexity index is 1450. The Kier molecular flexibility index (Phi) is 6.69. The minimum atomic E-state index is -0.654. The van der Waals surface area contributed by atoms with E-state index in [1.807, 2.05) is 12.1 Å². The van der Waals surface area contributed by atoms with Crippen molar-refractivity contribution in [1.29, 1.82) is 5.26 Å². The molecule has 4 aromatic rings. The summed E-state index contributed by atoms with van der Waals surface area (Å²) in [6, 6.07) is 10.8. The lowest BCUT2D eigenvalue weighted by Gasteiger charge is -2.21. The van der Waals surface area contributed by atoms with Gasteiger partial charge in [-0.25, -0.2) is 14.4 Å². The normalized spacial score (nSPS) is 14.9. The number of fused-ring (bicyclic) bond motifs is 1. The summed E-state index contributed by atoms with van der Waals surface area (Å²) in [5.41, 5.74) is 2.27. The molecule has 1 N–H and O–H groups in total. The Morgan fingerprint density at radius 1 is 1.22 bits per heavy atom. The van der Waals surface area contributed by atoms with Crippen molar-refractivity contribution in [3.63, 3.8) is 0 Å². The molecule has 0 radical (unpaired) electrons. The molecular formula is C27H25FN6O2. The highest BCUT2D eigenvalue weighted by atomic mass is 19.1. The molecule has 1 atom stereocenters. The number of nitrogens with zero attached hydrogens (tertiary/aromatic N) is 5. The monoisotopic (exact) mass is 484 g/mol. The Balaban J connectivity index is 1.41. The molecule has 0 aliphatic carbocycles. The van der Waals surface area contributed by atoms with Crippen molar-refractivity contribution in [2.45, 2.75) is 25.3 Å². The number of aryl methyl sites for hydroxylation is 1. The lowest BCUT2D eigenvalue weighted by molar-refractivity contribution is 0.0660. The average Bonchev–Trinajstić information content (AvgIpc) is 3.33. The average molecular weight is 485 g/mol. The number of benzene rings is 2. The summed E-state index contributed by atoms with van der Waals surface area (Å²) in [7, 11) is 1.77. The number of aromatic nitrogens is 4. The van der Waals surface area contributed by atoms with E-state index in [0.29, 0.717) is 28.1 Å². The zero-order valence-corrected chi connectivity index (χ0v) is 19.8. The third-order valence-electron chi connectivity index (χ3n) is 6.49. The molecule has 9 heteroatoms. The van der Waals surface area contributed by atoms with Crippen LogP contribution in [-0.2, 0) is 18.2 Å². The third kappa shape index (κ3) is 5.09. The molecule has 5 rings (SSSR count). The molecule has 1 aliphatic heterocycles. The standard InChI is InChI=1S/C27H25FN6O2/c1-34-16-22(15-31-34)26(18-2-4-20(13-29)23(28)11-18)33-27(35)19-3-5-21-14-30-25(32-24(21)12-19)10-17-6-8-36-9-7-17/h2-5,11-12,14-17,26H,6-10H2,1H3,(H,33,35)/t26-/m1/s1. The van der Waals surface area contributed by atoms with Crippen LogP contribution in [0.15, 0.2) is 55.0 Å². The zero-order valence-electron chi connectivity index (χ0n) is 19.8. The number of hydrogen-bond donors (Lipinski definition) is 1. The number of amides is 1. The molecule has 36 heavy (non-hydrogen) atoms. The van der Waals surface area contributed by atoms with E-state index in [1.165, 1.54) is 12.1 Å². The van der Waals surface area contributed by atoms with Gasteiger partial charge < -0.3 is 10.1 Å². The van der Waals surface area contributed by atoms with Crippen molar-refractivity contribution in [2.24, 2.45) is 13.0 Å². The number of hydrogen-bond acceptors (Lipinski definition) is 6. The van der Waals surface area contributed by atoms with Crippen LogP contribution < -0.4 is 5.32 Å². The summed E-state index contributed by atoms with van der Waals surface area (Å²) in [5, 5.41) is 17.1. The van der Waals surface area contributed by atoms with Gasteiger partial charge >= 0.3 is 0 Å². The number of halogens is 1. The molecule has 1 fully saturated rings. The zero-order chi connectivity index (χ0) is 25.1. The number of ether oxygens (including phenoxy) is 1. The first-order valence-electron chi connectivity index (χ1n) is 11.8. The topological polar surface area (TPSA) is 106 Å². The highest BCUT2D eigenvalue weighted by Crippen LogP contribution is 2.25. The van der Waals surface area contributed by atoms with Gasteiger partial charge in [-0.1, -0.05) is 12.1 Å². The molecule has 0 bridgehead atoms. The summed E-state index contributed by atoms with van der Waals surface area (Å²) < 4.78 is 21.4. The summed E-state index contributed by atoms with van der Waals surface area (Å²) in [4.78, 5) is 22.5. The maximum atomic E-state index is 14.4. The van der Waals surface area contributed by atoms with Crippen molar-refractivity contribution < 1.29 is 13.9 Å². The Hall–Kier alpha value is -4.16. The number of nitriles is 1. The number of rotatable bonds is 6. The fourth-order valence-corrected chi connectivity index (χ4v) is 4.47. The van der Waals surface area contributed by atoms with Crippen molar-refractivity contribution in [3.8, 4) is 6.07 Å². The first-order valence-corrected chi connectivity index (χ1v) is 11.8. The van der Waals surface area contributed by atoms with Crippen LogP contribution in [0.1, 0.15) is 51.8 Å². The van der Waals surface area contributed by atoms with Gasteiger partial charge in [-0.05, 0) is 48.6 Å². The van der Waals surface area contributed by atoms with Crippen LogP contribution in [0.3, 0.4) is 0 Å². The van der Waals surface area contributed by atoms with Gasteiger partial charge in [0.1, 0.15) is 17.7 Å². The second-order valence-corrected chi connectivity index (χ2v) is 9.02. The fourth-order valence-electron chi connectivity index (χ4n) is 4.47. The van der Waals surface area contributed by atoms with Crippen LogP contribution in [0.25, 0.3) is 10.9 Å². The highest BCUT2D eigenvalue weighted by Gasteiger charge is 2.21. The smallest absolute Gasteiger partial charge is 0.252 e. The van der Waals surface area contributed by atoms with Gasteiger partial charge in [0.15, 0.2) is 0 Å². The summed E-state index contributed by atoms with van der Waals surface area (Å²) >= 11 is 0. The minimum Gasteiger partial charge on any atom is -0.381 e. The van der Waals surface area contributed by atoms with E-state index in [2.05, 4.69) is 15.4 Å². The molecule has 0 unspecified atom stereocenters. The Morgan fingerprint density at radius 3 is 2.78 bits per heavy atom. The molecule has 0 spiro atoms. The molecule has 3 heterocycles. The first-order chi connectivity index (χ1) is 17.5. The van der Waals surface area contributed by atoms with Gasteiger partial charge in [-0.3, -0.25) is 9.48 Å². The van der Waals surface area contributed by atoms with Crippen LogP contribution in [0, 0.1) is 23.1 Å². The second kappa shape index (κ2) is 10.2. The van der Waals surface area contributed by atoms with Crippen molar-refractivity contribution in [2.75, 3.05) is 13.2 Å².